The van der Waals surface area contributed by atoms with E-state index in [1.165, 1.54) is 11.3 Å². The number of amides is 1. The van der Waals surface area contributed by atoms with Crippen LogP contribution in [0.1, 0.15) is 10.4 Å². The van der Waals surface area contributed by atoms with Gasteiger partial charge in [0, 0.05) is 31.1 Å². The Kier molecular flexibility index (Phi) is 3.35. The van der Waals surface area contributed by atoms with Gasteiger partial charge in [-0.15, -0.1) is 0 Å². The summed E-state index contributed by atoms with van der Waals surface area (Å²) in [4.78, 5) is 11.7. The molecule has 1 saturated heterocycles. The minimum atomic E-state index is -0.0213. The molecular formula is C10H14N2O2S. The largest absolute Gasteiger partial charge is 0.378 e. The Morgan fingerprint density at radius 2 is 2.53 bits per heavy atom. The molecule has 15 heavy (non-hydrogen) atoms. The summed E-state index contributed by atoms with van der Waals surface area (Å²) in [6.45, 7) is 1.57. The Morgan fingerprint density at radius 3 is 3.20 bits per heavy atom. The number of rotatable bonds is 3. The van der Waals surface area contributed by atoms with Gasteiger partial charge in [-0.25, -0.2) is 0 Å². The second-order valence-electron chi connectivity index (χ2n) is 3.52. The Labute approximate surface area is 92.6 Å². The fraction of sp³-hybridized carbons (Fsp3) is 0.500. The van der Waals surface area contributed by atoms with E-state index in [4.69, 9.17) is 4.74 Å². The maximum atomic E-state index is 11.7. The zero-order valence-electron chi connectivity index (χ0n) is 8.53. The predicted octanol–water partition coefficient (Wildman–Crippen LogP) is 0.465. The van der Waals surface area contributed by atoms with E-state index >= 15 is 0 Å². The van der Waals surface area contributed by atoms with Crippen molar-refractivity contribution >= 4 is 17.2 Å². The molecule has 1 aromatic heterocycles. The lowest BCUT2D eigenvalue weighted by atomic mass is 10.2. The number of carbonyl (C=O) groups is 1. The van der Waals surface area contributed by atoms with Gasteiger partial charge in [-0.3, -0.25) is 4.79 Å². The summed E-state index contributed by atoms with van der Waals surface area (Å²) >= 11 is 1.52. The van der Waals surface area contributed by atoms with Crippen molar-refractivity contribution in [3.05, 3.63) is 22.4 Å². The third-order valence-corrected chi connectivity index (χ3v) is 3.24. The first kappa shape index (κ1) is 10.6. The lowest BCUT2D eigenvalue weighted by molar-refractivity contribution is 0.0780. The standard InChI is InChI=1S/C10H14N2O2S/c1-14-9-5-11-4-8(9)12-10(13)7-2-3-15-6-7/h2-3,6,8-9,11H,4-5H2,1H3,(H,12,13). The lowest BCUT2D eigenvalue weighted by Crippen LogP contribution is -2.43. The summed E-state index contributed by atoms with van der Waals surface area (Å²) in [7, 11) is 1.67. The van der Waals surface area contributed by atoms with Crippen molar-refractivity contribution < 1.29 is 9.53 Å². The SMILES string of the molecule is COC1CNCC1NC(=O)c1ccsc1. The molecule has 82 valence electrons. The molecule has 2 atom stereocenters. The molecule has 0 saturated carbocycles. The molecule has 1 fully saturated rings. The van der Waals surface area contributed by atoms with E-state index in [2.05, 4.69) is 10.6 Å². The summed E-state index contributed by atoms with van der Waals surface area (Å²) in [5.74, 6) is -0.0213. The van der Waals surface area contributed by atoms with Crippen molar-refractivity contribution in [1.82, 2.24) is 10.6 Å². The lowest BCUT2D eigenvalue weighted by Gasteiger charge is -2.18. The summed E-state index contributed by atoms with van der Waals surface area (Å²) < 4.78 is 5.27. The van der Waals surface area contributed by atoms with E-state index in [0.717, 1.165) is 18.7 Å². The predicted molar refractivity (Wildman–Crippen MR) is 59.2 cm³/mol. The van der Waals surface area contributed by atoms with Crippen LogP contribution in [-0.2, 0) is 4.74 Å². The van der Waals surface area contributed by atoms with E-state index in [1.807, 2.05) is 16.8 Å². The summed E-state index contributed by atoms with van der Waals surface area (Å²) in [5, 5.41) is 9.89. The van der Waals surface area contributed by atoms with Crippen LogP contribution >= 0.6 is 11.3 Å². The number of nitrogens with one attached hydrogen (secondary N) is 2. The van der Waals surface area contributed by atoms with Gasteiger partial charge in [0.25, 0.3) is 5.91 Å². The number of methoxy groups -OCH3 is 1. The van der Waals surface area contributed by atoms with Crippen molar-refractivity contribution in [1.29, 1.82) is 0 Å². The van der Waals surface area contributed by atoms with Gasteiger partial charge >= 0.3 is 0 Å². The van der Waals surface area contributed by atoms with Crippen molar-refractivity contribution in [2.75, 3.05) is 20.2 Å². The number of hydrogen-bond donors (Lipinski definition) is 2. The molecule has 4 nitrogen and oxygen atoms in total. The third-order valence-electron chi connectivity index (χ3n) is 2.56. The van der Waals surface area contributed by atoms with Crippen LogP contribution in [0.5, 0.6) is 0 Å². The Bertz CT molecular complexity index is 326. The Morgan fingerprint density at radius 1 is 1.67 bits per heavy atom. The summed E-state index contributed by atoms with van der Waals surface area (Å²) in [6, 6.07) is 1.90. The molecule has 2 rings (SSSR count). The first-order valence-electron chi connectivity index (χ1n) is 4.88. The maximum Gasteiger partial charge on any atom is 0.252 e. The number of hydrogen-bond acceptors (Lipinski definition) is 4. The van der Waals surface area contributed by atoms with Crippen molar-refractivity contribution in [3.63, 3.8) is 0 Å². The molecule has 1 aliphatic rings. The molecule has 0 aliphatic carbocycles. The van der Waals surface area contributed by atoms with Crippen LogP contribution in [0.25, 0.3) is 0 Å². The molecule has 1 amide bonds. The summed E-state index contributed by atoms with van der Waals surface area (Å²) in [5.41, 5.74) is 0.724. The smallest absolute Gasteiger partial charge is 0.252 e. The minimum absolute atomic E-state index is 0.0213. The molecule has 5 heteroatoms. The third kappa shape index (κ3) is 2.37. The molecule has 2 N–H and O–H groups in total. The van der Waals surface area contributed by atoms with Crippen LogP contribution in [-0.4, -0.2) is 38.3 Å². The molecule has 0 bridgehead atoms. The van der Waals surface area contributed by atoms with E-state index < -0.39 is 0 Å². The zero-order chi connectivity index (χ0) is 10.7. The van der Waals surface area contributed by atoms with Gasteiger partial charge in [-0.05, 0) is 11.4 Å². The topological polar surface area (TPSA) is 50.4 Å². The maximum absolute atomic E-state index is 11.7. The van der Waals surface area contributed by atoms with Gasteiger partial charge in [-0.1, -0.05) is 0 Å². The molecule has 0 radical (unpaired) electrons. The second-order valence-corrected chi connectivity index (χ2v) is 4.30. The van der Waals surface area contributed by atoms with Crippen LogP contribution in [0, 0.1) is 0 Å². The Hall–Kier alpha value is -0.910. The fourth-order valence-corrected chi connectivity index (χ4v) is 2.33. The molecule has 2 unspecified atom stereocenters. The highest BCUT2D eigenvalue weighted by molar-refractivity contribution is 7.08. The van der Waals surface area contributed by atoms with Gasteiger partial charge in [0.2, 0.25) is 0 Å². The van der Waals surface area contributed by atoms with Crippen LogP contribution < -0.4 is 10.6 Å². The quantitative estimate of drug-likeness (QED) is 0.787. The van der Waals surface area contributed by atoms with E-state index in [1.54, 1.807) is 7.11 Å². The number of ether oxygens (including phenoxy) is 1. The average Bonchev–Trinajstić information content (AvgIpc) is 2.87. The van der Waals surface area contributed by atoms with Crippen LogP contribution in [0.15, 0.2) is 16.8 Å². The van der Waals surface area contributed by atoms with Gasteiger partial charge in [-0.2, -0.15) is 11.3 Å². The first-order valence-corrected chi connectivity index (χ1v) is 5.82. The highest BCUT2D eigenvalue weighted by Crippen LogP contribution is 2.08. The highest BCUT2D eigenvalue weighted by atomic mass is 32.1. The van der Waals surface area contributed by atoms with Crippen LogP contribution in [0.3, 0.4) is 0 Å². The molecule has 1 aliphatic heterocycles. The zero-order valence-corrected chi connectivity index (χ0v) is 9.34. The molecule has 2 heterocycles. The first-order chi connectivity index (χ1) is 7.31. The number of thiophene rings is 1. The average molecular weight is 226 g/mol. The normalized spacial score (nSPS) is 25.4. The highest BCUT2D eigenvalue weighted by Gasteiger charge is 2.28. The van der Waals surface area contributed by atoms with Gasteiger partial charge in [0.15, 0.2) is 0 Å². The monoisotopic (exact) mass is 226 g/mol. The molecule has 1 aromatic rings. The van der Waals surface area contributed by atoms with E-state index in [-0.39, 0.29) is 18.1 Å². The van der Waals surface area contributed by atoms with Gasteiger partial charge in [0.05, 0.1) is 12.1 Å². The van der Waals surface area contributed by atoms with Crippen LogP contribution in [0.2, 0.25) is 0 Å². The molecular weight excluding hydrogens is 212 g/mol. The fourth-order valence-electron chi connectivity index (χ4n) is 1.69. The van der Waals surface area contributed by atoms with Crippen molar-refractivity contribution in [2.24, 2.45) is 0 Å². The van der Waals surface area contributed by atoms with E-state index in [9.17, 15) is 4.79 Å². The minimum Gasteiger partial charge on any atom is -0.378 e. The van der Waals surface area contributed by atoms with Gasteiger partial charge < -0.3 is 15.4 Å². The summed E-state index contributed by atoms with van der Waals surface area (Å²) in [6.07, 6.45) is 0.0765. The van der Waals surface area contributed by atoms with E-state index in [0.29, 0.717) is 0 Å². The Balaban J connectivity index is 1.94. The van der Waals surface area contributed by atoms with Gasteiger partial charge in [0.1, 0.15) is 0 Å². The number of carbonyl (C=O) groups excluding carboxylic acids is 1. The van der Waals surface area contributed by atoms with Crippen molar-refractivity contribution in [3.8, 4) is 0 Å². The van der Waals surface area contributed by atoms with Crippen LogP contribution in [0.4, 0.5) is 0 Å². The molecule has 0 spiro atoms. The second kappa shape index (κ2) is 4.74. The molecule has 0 aromatic carbocycles. The van der Waals surface area contributed by atoms with Crippen molar-refractivity contribution in [2.45, 2.75) is 12.1 Å².